The minimum absolute atomic E-state index is 0.134. The van der Waals surface area contributed by atoms with Crippen molar-refractivity contribution in [2.24, 2.45) is 5.41 Å². The van der Waals surface area contributed by atoms with E-state index in [9.17, 15) is 15.3 Å². The first-order valence-electron chi connectivity index (χ1n) is 13.0. The van der Waals surface area contributed by atoms with E-state index in [1.54, 1.807) is 0 Å². The van der Waals surface area contributed by atoms with Gasteiger partial charge >= 0.3 is 0 Å². The third-order valence-corrected chi connectivity index (χ3v) is 8.93. The van der Waals surface area contributed by atoms with Gasteiger partial charge in [-0.3, -0.25) is 4.90 Å². The fourth-order valence-electron chi connectivity index (χ4n) is 6.91. The molecule has 0 radical (unpaired) electrons. The number of aryl methyl sites for hydroxylation is 1. The molecule has 3 fully saturated rings. The molecule has 1 saturated carbocycles. The Morgan fingerprint density at radius 1 is 0.971 bits per heavy atom. The van der Waals surface area contributed by atoms with Crippen LogP contribution in [0, 0.1) is 12.3 Å². The van der Waals surface area contributed by atoms with Crippen LogP contribution in [0.4, 0.5) is 5.69 Å². The van der Waals surface area contributed by atoms with Gasteiger partial charge in [0.05, 0.1) is 17.8 Å². The second-order valence-corrected chi connectivity index (χ2v) is 11.3. The van der Waals surface area contributed by atoms with E-state index < -0.39 is 23.2 Å². The molecule has 1 aliphatic carbocycles. The lowest BCUT2D eigenvalue weighted by atomic mass is 9.74. The summed E-state index contributed by atoms with van der Waals surface area (Å²) in [5, 5.41) is 33.6. The topological polar surface area (TPSA) is 67.2 Å². The van der Waals surface area contributed by atoms with Crippen molar-refractivity contribution >= 4 is 5.69 Å². The average molecular weight is 465 g/mol. The van der Waals surface area contributed by atoms with E-state index in [2.05, 4.69) is 72.2 Å². The molecule has 0 amide bonds. The standard InChI is InChI=1S/C29H40N2O3/c1-21-8-6-11-23(18-21)30-16-14-29(34,15-17-30)20-31-24(22-9-4-3-5-10-22)19-28(2)26(31)13-7-12-25(32)27(28)33/h3-6,8-11,18,24-27,32-34H,7,12-17,19-20H2,1-2H3/t24-,25-,26-,27+,28-/m1/s1. The Labute approximate surface area is 204 Å². The number of piperidine rings is 1. The summed E-state index contributed by atoms with van der Waals surface area (Å²) >= 11 is 0. The molecule has 34 heavy (non-hydrogen) atoms. The number of fused-ring (bicyclic) bond motifs is 1. The number of anilines is 1. The number of benzene rings is 2. The van der Waals surface area contributed by atoms with E-state index in [1.165, 1.54) is 16.8 Å². The molecule has 184 valence electrons. The van der Waals surface area contributed by atoms with Crippen LogP contribution in [0.25, 0.3) is 0 Å². The lowest BCUT2D eigenvalue weighted by Crippen LogP contribution is -2.54. The molecule has 3 aliphatic rings. The van der Waals surface area contributed by atoms with Gasteiger partial charge in [-0.1, -0.05) is 49.4 Å². The van der Waals surface area contributed by atoms with Crippen LogP contribution in [0.5, 0.6) is 0 Å². The Balaban J connectivity index is 1.39. The molecular weight excluding hydrogens is 424 g/mol. The van der Waals surface area contributed by atoms with E-state index in [0.29, 0.717) is 13.0 Å². The summed E-state index contributed by atoms with van der Waals surface area (Å²) < 4.78 is 0. The predicted molar refractivity (Wildman–Crippen MR) is 136 cm³/mol. The number of rotatable bonds is 4. The summed E-state index contributed by atoms with van der Waals surface area (Å²) in [5.74, 6) is 0. The molecule has 0 bridgehead atoms. The Kier molecular flexibility index (Phi) is 6.49. The Bertz CT molecular complexity index is 974. The fourth-order valence-corrected chi connectivity index (χ4v) is 6.91. The third kappa shape index (κ3) is 4.39. The quantitative estimate of drug-likeness (QED) is 0.637. The summed E-state index contributed by atoms with van der Waals surface area (Å²) in [6.45, 7) is 6.56. The van der Waals surface area contributed by atoms with Gasteiger partial charge in [-0.25, -0.2) is 0 Å². The van der Waals surface area contributed by atoms with Gasteiger partial charge < -0.3 is 20.2 Å². The number of aliphatic hydroxyl groups is 3. The minimum atomic E-state index is -0.755. The van der Waals surface area contributed by atoms with Gasteiger partial charge in [0.2, 0.25) is 0 Å². The lowest BCUT2D eigenvalue weighted by Gasteiger charge is -2.45. The highest BCUT2D eigenvalue weighted by Crippen LogP contribution is 2.54. The van der Waals surface area contributed by atoms with Crippen LogP contribution < -0.4 is 4.90 Å². The lowest BCUT2D eigenvalue weighted by molar-refractivity contribution is -0.0723. The van der Waals surface area contributed by atoms with Crippen LogP contribution >= 0.6 is 0 Å². The van der Waals surface area contributed by atoms with Crippen LogP contribution in [0.1, 0.15) is 62.6 Å². The molecular formula is C29H40N2O3. The second kappa shape index (κ2) is 9.27. The van der Waals surface area contributed by atoms with Crippen molar-refractivity contribution in [1.82, 2.24) is 4.90 Å². The first kappa shape index (κ1) is 23.8. The maximum absolute atomic E-state index is 11.8. The first-order chi connectivity index (χ1) is 16.3. The second-order valence-electron chi connectivity index (χ2n) is 11.3. The highest BCUT2D eigenvalue weighted by molar-refractivity contribution is 5.49. The molecule has 5 rings (SSSR count). The van der Waals surface area contributed by atoms with E-state index in [1.807, 2.05) is 6.07 Å². The molecule has 5 heteroatoms. The largest absolute Gasteiger partial charge is 0.390 e. The van der Waals surface area contributed by atoms with Gasteiger partial charge in [0, 0.05) is 42.8 Å². The van der Waals surface area contributed by atoms with E-state index in [0.717, 1.165) is 45.2 Å². The average Bonchev–Trinajstić information content (AvgIpc) is 3.05. The predicted octanol–water partition coefficient (Wildman–Crippen LogP) is 4.05. The minimum Gasteiger partial charge on any atom is -0.390 e. The van der Waals surface area contributed by atoms with Crippen molar-refractivity contribution in [3.05, 3.63) is 65.7 Å². The number of hydrogen-bond acceptors (Lipinski definition) is 5. The zero-order chi connectivity index (χ0) is 23.9. The first-order valence-corrected chi connectivity index (χ1v) is 13.0. The van der Waals surface area contributed by atoms with Gasteiger partial charge in [0.25, 0.3) is 0 Å². The summed E-state index contributed by atoms with van der Waals surface area (Å²) in [6, 6.07) is 19.4. The molecule has 0 aromatic heterocycles. The molecule has 5 atom stereocenters. The van der Waals surface area contributed by atoms with Gasteiger partial charge in [-0.2, -0.15) is 0 Å². The summed E-state index contributed by atoms with van der Waals surface area (Å²) in [6.07, 6.45) is 3.33. The van der Waals surface area contributed by atoms with Crippen molar-refractivity contribution < 1.29 is 15.3 Å². The van der Waals surface area contributed by atoms with Crippen LogP contribution in [-0.2, 0) is 0 Å². The number of aliphatic hydroxyl groups excluding tert-OH is 2. The SMILES string of the molecule is Cc1cccc(N2CCC(O)(CN3[C@@H](c4ccccc4)C[C@@]4(C)[C@@H](O)[C@H](O)CCC[C@@H]34)CC2)c1. The summed E-state index contributed by atoms with van der Waals surface area (Å²) in [4.78, 5) is 4.87. The highest BCUT2D eigenvalue weighted by atomic mass is 16.3. The molecule has 3 N–H and O–H groups in total. The maximum Gasteiger partial charge on any atom is 0.0868 e. The molecule has 2 aromatic carbocycles. The monoisotopic (exact) mass is 464 g/mol. The molecule has 2 heterocycles. The van der Waals surface area contributed by atoms with Crippen LogP contribution in [0.2, 0.25) is 0 Å². The molecule has 2 aromatic rings. The van der Waals surface area contributed by atoms with E-state index >= 15 is 0 Å². The number of β-amino-alcohol motifs (C(OH)–C–C–N with tert-alkyl or cyclic N) is 1. The van der Waals surface area contributed by atoms with Crippen molar-refractivity contribution in [3.8, 4) is 0 Å². The fraction of sp³-hybridized carbons (Fsp3) is 0.586. The zero-order valence-electron chi connectivity index (χ0n) is 20.6. The zero-order valence-corrected chi connectivity index (χ0v) is 20.6. The van der Waals surface area contributed by atoms with Gasteiger partial charge in [-0.15, -0.1) is 0 Å². The normalized spacial score (nSPS) is 34.0. The molecule has 2 aliphatic heterocycles. The Morgan fingerprint density at radius 3 is 2.41 bits per heavy atom. The van der Waals surface area contributed by atoms with Crippen LogP contribution in [0.3, 0.4) is 0 Å². The highest BCUT2D eigenvalue weighted by Gasteiger charge is 2.56. The molecule has 5 nitrogen and oxygen atoms in total. The number of likely N-dealkylation sites (tertiary alicyclic amines) is 1. The maximum atomic E-state index is 11.8. The van der Waals surface area contributed by atoms with Crippen LogP contribution in [-0.4, -0.2) is 63.7 Å². The summed E-state index contributed by atoms with van der Waals surface area (Å²) in [7, 11) is 0. The summed E-state index contributed by atoms with van der Waals surface area (Å²) in [5.41, 5.74) is 2.58. The van der Waals surface area contributed by atoms with E-state index in [4.69, 9.17) is 0 Å². The van der Waals surface area contributed by atoms with Crippen molar-refractivity contribution in [3.63, 3.8) is 0 Å². The van der Waals surface area contributed by atoms with Crippen molar-refractivity contribution in [1.29, 1.82) is 0 Å². The smallest absolute Gasteiger partial charge is 0.0868 e. The molecule has 0 unspecified atom stereocenters. The number of nitrogens with zero attached hydrogens (tertiary/aromatic N) is 2. The van der Waals surface area contributed by atoms with E-state index in [-0.39, 0.29) is 12.1 Å². The Morgan fingerprint density at radius 2 is 1.71 bits per heavy atom. The van der Waals surface area contributed by atoms with Gasteiger partial charge in [0.1, 0.15) is 0 Å². The number of hydrogen-bond donors (Lipinski definition) is 3. The molecule has 0 spiro atoms. The molecule has 2 saturated heterocycles. The van der Waals surface area contributed by atoms with Crippen LogP contribution in [0.15, 0.2) is 54.6 Å². The Hall–Kier alpha value is -1.92. The van der Waals surface area contributed by atoms with Crippen molar-refractivity contribution in [2.75, 3.05) is 24.5 Å². The van der Waals surface area contributed by atoms with Gasteiger partial charge in [-0.05, 0) is 68.7 Å². The van der Waals surface area contributed by atoms with Crippen molar-refractivity contribution in [2.45, 2.75) is 82.3 Å². The van der Waals surface area contributed by atoms with Gasteiger partial charge in [0.15, 0.2) is 0 Å². The third-order valence-electron chi connectivity index (χ3n) is 8.93.